The molecule has 9 nitrogen and oxygen atoms in total. The van der Waals surface area contributed by atoms with Gasteiger partial charge in [0.1, 0.15) is 11.5 Å². The van der Waals surface area contributed by atoms with Crippen LogP contribution in [0.4, 0.5) is 4.39 Å². The molecule has 6 aromatic rings. The van der Waals surface area contributed by atoms with Crippen LogP contribution in [0.15, 0.2) is 67.4 Å². The van der Waals surface area contributed by atoms with Crippen molar-refractivity contribution in [3.8, 4) is 33.8 Å². The summed E-state index contributed by atoms with van der Waals surface area (Å²) >= 11 is 0. The molecule has 194 valence electrons. The maximum absolute atomic E-state index is 13.9. The number of piperazine rings is 1. The van der Waals surface area contributed by atoms with E-state index in [9.17, 15) is 4.39 Å². The fourth-order valence-corrected chi connectivity index (χ4v) is 5.15. The quantitative estimate of drug-likeness (QED) is 0.345. The van der Waals surface area contributed by atoms with Crippen molar-refractivity contribution in [1.82, 2.24) is 44.9 Å². The Hall–Kier alpha value is -4.54. The van der Waals surface area contributed by atoms with Gasteiger partial charge in [-0.05, 0) is 42.4 Å². The lowest BCUT2D eigenvalue weighted by atomic mass is 10.1. The molecule has 0 bridgehead atoms. The van der Waals surface area contributed by atoms with Crippen LogP contribution in [0.3, 0.4) is 0 Å². The van der Waals surface area contributed by atoms with Crippen molar-refractivity contribution in [3.05, 3.63) is 78.8 Å². The maximum Gasteiger partial charge on any atom is 0.181 e. The number of H-pyrrole nitrogens is 2. The number of nitrogens with zero attached hydrogens (tertiary/aromatic N) is 7. The zero-order valence-electron chi connectivity index (χ0n) is 21.4. The summed E-state index contributed by atoms with van der Waals surface area (Å²) in [4.78, 5) is 26.5. The smallest absolute Gasteiger partial charge is 0.181 e. The maximum atomic E-state index is 13.9. The second-order valence-corrected chi connectivity index (χ2v) is 10.0. The molecule has 6 heterocycles. The summed E-state index contributed by atoms with van der Waals surface area (Å²) in [6.45, 7) is 5.15. The van der Waals surface area contributed by atoms with Crippen molar-refractivity contribution < 1.29 is 4.39 Å². The molecule has 0 radical (unpaired) electrons. The Morgan fingerprint density at radius 2 is 1.74 bits per heavy atom. The van der Waals surface area contributed by atoms with Gasteiger partial charge in [-0.25, -0.2) is 14.4 Å². The largest absolute Gasteiger partial charge is 0.335 e. The molecule has 1 aliphatic rings. The van der Waals surface area contributed by atoms with Crippen LogP contribution < -0.4 is 0 Å². The Kier molecular flexibility index (Phi) is 5.83. The Morgan fingerprint density at radius 1 is 0.897 bits per heavy atom. The average molecular weight is 520 g/mol. The van der Waals surface area contributed by atoms with Gasteiger partial charge in [-0.2, -0.15) is 5.10 Å². The number of fused-ring (bicyclic) bond motifs is 2. The van der Waals surface area contributed by atoms with Gasteiger partial charge in [0.15, 0.2) is 11.5 Å². The van der Waals surface area contributed by atoms with Gasteiger partial charge in [-0.1, -0.05) is 12.1 Å². The normalized spacial score (nSPS) is 14.9. The molecule has 1 saturated heterocycles. The summed E-state index contributed by atoms with van der Waals surface area (Å²) in [7, 11) is 2.17. The molecule has 0 saturated carbocycles. The number of pyridine rings is 3. The molecule has 1 aromatic carbocycles. The van der Waals surface area contributed by atoms with Gasteiger partial charge >= 0.3 is 0 Å². The number of halogens is 1. The van der Waals surface area contributed by atoms with E-state index in [1.54, 1.807) is 18.5 Å². The van der Waals surface area contributed by atoms with Gasteiger partial charge in [0.05, 0.1) is 22.6 Å². The molecule has 2 N–H and O–H groups in total. The Morgan fingerprint density at radius 3 is 2.62 bits per heavy atom. The van der Waals surface area contributed by atoms with Crippen LogP contribution in [0.25, 0.3) is 55.8 Å². The van der Waals surface area contributed by atoms with Crippen LogP contribution >= 0.6 is 0 Å². The van der Waals surface area contributed by atoms with Crippen molar-refractivity contribution in [3.63, 3.8) is 0 Å². The van der Waals surface area contributed by atoms with E-state index >= 15 is 0 Å². The molecule has 1 fully saturated rings. The Labute approximate surface area is 223 Å². The van der Waals surface area contributed by atoms with Gasteiger partial charge in [-0.3, -0.25) is 20.0 Å². The van der Waals surface area contributed by atoms with Crippen LogP contribution in [0.2, 0.25) is 0 Å². The average Bonchev–Trinajstić information content (AvgIpc) is 3.58. The highest BCUT2D eigenvalue weighted by Crippen LogP contribution is 2.32. The van der Waals surface area contributed by atoms with Crippen molar-refractivity contribution >= 4 is 22.1 Å². The third-order valence-electron chi connectivity index (χ3n) is 7.31. The van der Waals surface area contributed by atoms with Crippen LogP contribution in [0.1, 0.15) is 5.56 Å². The van der Waals surface area contributed by atoms with E-state index in [0.717, 1.165) is 66.0 Å². The van der Waals surface area contributed by atoms with Gasteiger partial charge in [0, 0.05) is 74.2 Å². The zero-order valence-corrected chi connectivity index (χ0v) is 21.4. The molecule has 39 heavy (non-hydrogen) atoms. The minimum Gasteiger partial charge on any atom is -0.335 e. The lowest BCUT2D eigenvalue weighted by Crippen LogP contribution is -2.43. The first-order valence-corrected chi connectivity index (χ1v) is 12.9. The molecule has 0 amide bonds. The van der Waals surface area contributed by atoms with Gasteiger partial charge in [0.2, 0.25) is 0 Å². The molecular weight excluding hydrogens is 493 g/mol. The minimum atomic E-state index is -0.305. The fourth-order valence-electron chi connectivity index (χ4n) is 5.15. The van der Waals surface area contributed by atoms with E-state index in [1.807, 2.05) is 24.7 Å². The molecule has 0 unspecified atom stereocenters. The molecule has 0 aliphatic carbocycles. The highest BCUT2D eigenvalue weighted by atomic mass is 19.1. The predicted octanol–water partition coefficient (Wildman–Crippen LogP) is 4.51. The van der Waals surface area contributed by atoms with Crippen LogP contribution in [0.5, 0.6) is 0 Å². The molecule has 0 atom stereocenters. The van der Waals surface area contributed by atoms with Gasteiger partial charge in [-0.15, -0.1) is 0 Å². The third-order valence-corrected chi connectivity index (χ3v) is 7.31. The summed E-state index contributed by atoms with van der Waals surface area (Å²) in [6.07, 6.45) is 9.06. The molecule has 0 spiro atoms. The SMILES string of the molecule is CN1CCN(Cc2cncc(-c3cnc4n[nH]c(-c5nc6c(-c7cccc(F)c7)cncc6[nH]5)c4c3)c2)CC1. The fraction of sp³-hybridized carbons (Fsp3) is 0.207. The van der Waals surface area contributed by atoms with E-state index in [0.29, 0.717) is 22.6 Å². The number of hydrogen-bond acceptors (Lipinski definition) is 7. The number of likely N-dealkylation sites (N-methyl/N-ethyl adjacent to an activating group) is 1. The number of rotatable bonds is 5. The zero-order chi connectivity index (χ0) is 26.3. The summed E-state index contributed by atoms with van der Waals surface area (Å²) in [6, 6.07) is 10.7. The van der Waals surface area contributed by atoms with E-state index in [-0.39, 0.29) is 5.82 Å². The standard InChI is InChI=1S/C29H26FN9/c1-38-5-7-39(8-6-38)17-18-9-20(13-31-12-18)21-11-23-27(36-37-28(23)33-14-21)29-34-25-16-32-15-24(26(25)35-29)19-3-2-4-22(30)10-19/h2-4,9-16H,5-8,17H2,1H3,(H,34,35)(H,33,36,37). The second-order valence-electron chi connectivity index (χ2n) is 10.0. The number of nitrogens with one attached hydrogen (secondary N) is 2. The van der Waals surface area contributed by atoms with E-state index in [2.05, 4.69) is 59.1 Å². The van der Waals surface area contributed by atoms with Gasteiger partial charge < -0.3 is 9.88 Å². The first-order valence-electron chi connectivity index (χ1n) is 12.9. The molecular formula is C29H26FN9. The first kappa shape index (κ1) is 23.6. The highest BCUT2D eigenvalue weighted by Gasteiger charge is 2.18. The molecule has 7 rings (SSSR count). The van der Waals surface area contributed by atoms with Crippen LogP contribution in [-0.4, -0.2) is 78.1 Å². The summed E-state index contributed by atoms with van der Waals surface area (Å²) < 4.78 is 13.9. The summed E-state index contributed by atoms with van der Waals surface area (Å²) in [5.74, 6) is 0.305. The summed E-state index contributed by atoms with van der Waals surface area (Å²) in [5.41, 5.74) is 7.38. The highest BCUT2D eigenvalue weighted by molar-refractivity contribution is 5.96. The number of aromatic nitrogens is 7. The number of aromatic amines is 2. The number of hydrogen-bond donors (Lipinski definition) is 2. The Balaban J connectivity index is 1.24. The van der Waals surface area contributed by atoms with Crippen molar-refractivity contribution in [2.75, 3.05) is 33.2 Å². The van der Waals surface area contributed by atoms with E-state index in [4.69, 9.17) is 4.98 Å². The monoisotopic (exact) mass is 519 g/mol. The second kappa shape index (κ2) is 9.64. The topological polar surface area (TPSA) is 103 Å². The third kappa shape index (κ3) is 4.53. The Bertz CT molecular complexity index is 1800. The molecule has 10 heteroatoms. The van der Waals surface area contributed by atoms with Gasteiger partial charge in [0.25, 0.3) is 0 Å². The van der Waals surface area contributed by atoms with Crippen molar-refractivity contribution in [2.24, 2.45) is 0 Å². The molecule has 5 aromatic heterocycles. The van der Waals surface area contributed by atoms with E-state index < -0.39 is 0 Å². The minimum absolute atomic E-state index is 0.305. The van der Waals surface area contributed by atoms with Crippen LogP contribution in [-0.2, 0) is 6.54 Å². The number of imidazole rings is 1. The van der Waals surface area contributed by atoms with E-state index in [1.165, 1.54) is 17.7 Å². The predicted molar refractivity (Wildman–Crippen MR) is 148 cm³/mol. The summed E-state index contributed by atoms with van der Waals surface area (Å²) in [5, 5.41) is 8.34. The lowest BCUT2D eigenvalue weighted by Gasteiger charge is -2.32. The lowest BCUT2D eigenvalue weighted by molar-refractivity contribution is 0.148. The van der Waals surface area contributed by atoms with Crippen molar-refractivity contribution in [2.45, 2.75) is 6.54 Å². The molecule has 1 aliphatic heterocycles. The van der Waals surface area contributed by atoms with Crippen LogP contribution in [0, 0.1) is 5.82 Å². The number of benzene rings is 1. The van der Waals surface area contributed by atoms with Crippen molar-refractivity contribution in [1.29, 1.82) is 0 Å². The first-order chi connectivity index (χ1) is 19.1.